The van der Waals surface area contributed by atoms with Crippen LogP contribution in [0.5, 0.6) is 0 Å². The number of carbonyl (C=O) groups excluding carboxylic acids is 1. The summed E-state index contributed by atoms with van der Waals surface area (Å²) in [5.41, 5.74) is 6.90. The van der Waals surface area contributed by atoms with E-state index in [2.05, 4.69) is 10.2 Å². The van der Waals surface area contributed by atoms with E-state index < -0.39 is 41.7 Å². The summed E-state index contributed by atoms with van der Waals surface area (Å²) in [5.74, 6) is -4.26. The zero-order valence-electron chi connectivity index (χ0n) is 16.6. The SMILES string of the molecule is N[C@@H](CC(=O)N1Cc2ccccc2-n2c(nnc2C(F)F)C1)Cc1cc(F)c(F)cc1F. The normalized spacial score (nSPS) is 14.2. The minimum Gasteiger partial charge on any atom is -0.331 e. The summed E-state index contributed by atoms with van der Waals surface area (Å²) in [6.45, 7) is 0.0345. The number of fused-ring (bicyclic) bond motifs is 3. The van der Waals surface area contributed by atoms with Gasteiger partial charge in [-0.15, -0.1) is 10.2 Å². The summed E-state index contributed by atoms with van der Waals surface area (Å²) in [5, 5.41) is 7.39. The Bertz CT molecular complexity index is 1170. The molecule has 0 aliphatic carbocycles. The van der Waals surface area contributed by atoms with Crippen molar-refractivity contribution < 1.29 is 26.7 Å². The molecular weight excluding hydrogens is 433 g/mol. The van der Waals surface area contributed by atoms with E-state index in [1.807, 2.05) is 0 Å². The van der Waals surface area contributed by atoms with Gasteiger partial charge in [0, 0.05) is 25.1 Å². The minimum atomic E-state index is -2.86. The first-order valence-corrected chi connectivity index (χ1v) is 9.72. The summed E-state index contributed by atoms with van der Waals surface area (Å²) in [6, 6.07) is 7.01. The fraction of sp³-hybridized carbons (Fsp3) is 0.286. The molecule has 4 rings (SSSR count). The molecule has 0 spiro atoms. The molecule has 1 aliphatic rings. The third-order valence-electron chi connectivity index (χ3n) is 5.24. The molecule has 0 saturated carbocycles. The number of hydrogen-bond donors (Lipinski definition) is 1. The molecule has 1 amide bonds. The van der Waals surface area contributed by atoms with E-state index in [1.165, 1.54) is 9.47 Å². The molecule has 2 heterocycles. The molecule has 0 radical (unpaired) electrons. The van der Waals surface area contributed by atoms with Crippen molar-refractivity contribution in [2.24, 2.45) is 5.73 Å². The van der Waals surface area contributed by atoms with Gasteiger partial charge in [0.1, 0.15) is 5.82 Å². The number of para-hydroxylation sites is 1. The van der Waals surface area contributed by atoms with Gasteiger partial charge in [-0.1, -0.05) is 18.2 Å². The maximum absolute atomic E-state index is 13.9. The van der Waals surface area contributed by atoms with Crippen LogP contribution >= 0.6 is 0 Å². The van der Waals surface area contributed by atoms with Gasteiger partial charge in [0.2, 0.25) is 11.7 Å². The Balaban J connectivity index is 1.55. The molecule has 0 fully saturated rings. The maximum atomic E-state index is 13.9. The van der Waals surface area contributed by atoms with Crippen LogP contribution in [0.25, 0.3) is 5.69 Å². The molecule has 168 valence electrons. The number of nitrogens with two attached hydrogens (primary N) is 1. The second kappa shape index (κ2) is 8.65. The zero-order valence-corrected chi connectivity index (χ0v) is 16.6. The Kier molecular flexibility index (Phi) is 5.92. The average Bonchev–Trinajstić information content (AvgIpc) is 3.08. The van der Waals surface area contributed by atoms with E-state index in [-0.39, 0.29) is 37.3 Å². The van der Waals surface area contributed by atoms with Crippen molar-refractivity contribution in [3.8, 4) is 5.69 Å². The number of carbonyl (C=O) groups is 1. The van der Waals surface area contributed by atoms with E-state index in [9.17, 15) is 26.7 Å². The molecule has 1 atom stereocenters. The summed E-state index contributed by atoms with van der Waals surface area (Å²) in [6.07, 6.45) is -3.27. The molecule has 6 nitrogen and oxygen atoms in total. The Morgan fingerprint density at radius 3 is 2.50 bits per heavy atom. The monoisotopic (exact) mass is 451 g/mol. The van der Waals surface area contributed by atoms with Crippen molar-refractivity contribution in [2.45, 2.75) is 38.4 Å². The van der Waals surface area contributed by atoms with Crippen molar-refractivity contribution in [1.29, 1.82) is 0 Å². The number of rotatable bonds is 5. The number of amides is 1. The standard InChI is InChI=1S/C21H18F5N5O/c22-14-8-16(24)15(23)6-12(14)5-13(27)7-19(32)30-9-11-3-1-2-4-17(11)31-18(10-30)28-29-21(31)20(25)26/h1-4,6,8,13,20H,5,7,9-10,27H2/t13-/m1/s1. The van der Waals surface area contributed by atoms with Crippen molar-refractivity contribution in [1.82, 2.24) is 19.7 Å². The number of hydrogen-bond acceptors (Lipinski definition) is 4. The highest BCUT2D eigenvalue weighted by atomic mass is 19.3. The smallest absolute Gasteiger partial charge is 0.297 e. The van der Waals surface area contributed by atoms with Gasteiger partial charge < -0.3 is 10.6 Å². The molecular formula is C21H18F5N5O. The molecule has 1 aliphatic heterocycles. The first kappa shape index (κ1) is 21.9. The molecule has 2 N–H and O–H groups in total. The van der Waals surface area contributed by atoms with E-state index in [0.29, 0.717) is 23.4 Å². The summed E-state index contributed by atoms with van der Waals surface area (Å²) >= 11 is 0. The van der Waals surface area contributed by atoms with Gasteiger partial charge in [-0.05, 0) is 29.7 Å². The summed E-state index contributed by atoms with van der Waals surface area (Å²) in [4.78, 5) is 14.3. The lowest BCUT2D eigenvalue weighted by Gasteiger charge is -2.22. The lowest BCUT2D eigenvalue weighted by Crippen LogP contribution is -2.36. The van der Waals surface area contributed by atoms with Crippen LogP contribution in [0.1, 0.15) is 35.6 Å². The quantitative estimate of drug-likeness (QED) is 0.477. The molecule has 11 heteroatoms. The van der Waals surface area contributed by atoms with Crippen LogP contribution in [0.4, 0.5) is 22.0 Å². The minimum absolute atomic E-state index is 0.0838. The highest BCUT2D eigenvalue weighted by Gasteiger charge is 2.29. The lowest BCUT2D eigenvalue weighted by atomic mass is 10.0. The van der Waals surface area contributed by atoms with Crippen LogP contribution in [0.2, 0.25) is 0 Å². The van der Waals surface area contributed by atoms with Gasteiger partial charge >= 0.3 is 0 Å². The molecule has 3 aromatic rings. The molecule has 1 aromatic heterocycles. The predicted octanol–water partition coefficient (Wildman–Crippen LogP) is 3.42. The van der Waals surface area contributed by atoms with E-state index >= 15 is 0 Å². The third-order valence-corrected chi connectivity index (χ3v) is 5.24. The topological polar surface area (TPSA) is 77.0 Å². The van der Waals surface area contributed by atoms with Gasteiger partial charge in [0.15, 0.2) is 17.5 Å². The largest absolute Gasteiger partial charge is 0.331 e. The van der Waals surface area contributed by atoms with Crippen LogP contribution in [0.3, 0.4) is 0 Å². The van der Waals surface area contributed by atoms with Gasteiger partial charge in [0.05, 0.1) is 12.2 Å². The van der Waals surface area contributed by atoms with Crippen molar-refractivity contribution in [2.75, 3.05) is 0 Å². The highest BCUT2D eigenvalue weighted by molar-refractivity contribution is 5.77. The van der Waals surface area contributed by atoms with Crippen LogP contribution < -0.4 is 5.73 Å². The van der Waals surface area contributed by atoms with Crippen LogP contribution in [-0.2, 0) is 24.3 Å². The number of nitrogens with zero attached hydrogens (tertiary/aromatic N) is 4. The van der Waals surface area contributed by atoms with Gasteiger partial charge in [0.25, 0.3) is 6.43 Å². The maximum Gasteiger partial charge on any atom is 0.297 e. The lowest BCUT2D eigenvalue weighted by molar-refractivity contribution is -0.132. The fourth-order valence-corrected chi connectivity index (χ4v) is 3.74. The van der Waals surface area contributed by atoms with Gasteiger partial charge in [-0.2, -0.15) is 0 Å². The number of aromatic nitrogens is 3. The molecule has 2 aromatic carbocycles. The van der Waals surface area contributed by atoms with Gasteiger partial charge in [-0.3, -0.25) is 9.36 Å². The van der Waals surface area contributed by atoms with Crippen LogP contribution in [0.15, 0.2) is 36.4 Å². The van der Waals surface area contributed by atoms with Gasteiger partial charge in [-0.25, -0.2) is 22.0 Å². The van der Waals surface area contributed by atoms with Crippen LogP contribution in [-0.4, -0.2) is 31.6 Å². The van der Waals surface area contributed by atoms with E-state index in [4.69, 9.17) is 5.73 Å². The van der Waals surface area contributed by atoms with Crippen LogP contribution in [0, 0.1) is 17.5 Å². The molecule has 0 bridgehead atoms. The fourth-order valence-electron chi connectivity index (χ4n) is 3.74. The van der Waals surface area contributed by atoms with E-state index in [0.717, 1.165) is 0 Å². The van der Waals surface area contributed by atoms with Crippen molar-refractivity contribution in [3.63, 3.8) is 0 Å². The number of halogens is 5. The summed E-state index contributed by atoms with van der Waals surface area (Å²) < 4.78 is 68.5. The third kappa shape index (κ3) is 4.20. The molecule has 0 saturated heterocycles. The molecule has 32 heavy (non-hydrogen) atoms. The highest BCUT2D eigenvalue weighted by Crippen LogP contribution is 2.29. The number of benzene rings is 2. The van der Waals surface area contributed by atoms with Crippen molar-refractivity contribution in [3.05, 3.63) is 76.6 Å². The Morgan fingerprint density at radius 1 is 1.03 bits per heavy atom. The number of alkyl halides is 2. The molecule has 0 unspecified atom stereocenters. The second-order valence-corrected chi connectivity index (χ2v) is 7.52. The van der Waals surface area contributed by atoms with Crippen molar-refractivity contribution >= 4 is 5.91 Å². The van der Waals surface area contributed by atoms with E-state index in [1.54, 1.807) is 24.3 Å². The Morgan fingerprint density at radius 2 is 1.75 bits per heavy atom. The Hall–Kier alpha value is -3.34. The first-order valence-electron chi connectivity index (χ1n) is 9.72. The summed E-state index contributed by atoms with van der Waals surface area (Å²) in [7, 11) is 0. The average molecular weight is 451 g/mol. The predicted molar refractivity (Wildman–Crippen MR) is 103 cm³/mol. The Labute approximate surface area is 179 Å². The second-order valence-electron chi connectivity index (χ2n) is 7.52. The first-order chi connectivity index (χ1) is 15.2. The zero-order chi connectivity index (χ0) is 23.0.